The van der Waals surface area contributed by atoms with E-state index in [9.17, 15) is 9.90 Å². The summed E-state index contributed by atoms with van der Waals surface area (Å²) in [6, 6.07) is 10.1. The summed E-state index contributed by atoms with van der Waals surface area (Å²) in [5.41, 5.74) is 5.77. The summed E-state index contributed by atoms with van der Waals surface area (Å²) in [7, 11) is 2.18. The molecular formula is C27H34N6O2. The van der Waals surface area contributed by atoms with Crippen LogP contribution in [0.1, 0.15) is 45.6 Å². The maximum atomic E-state index is 13.5. The second kappa shape index (κ2) is 9.26. The summed E-state index contributed by atoms with van der Waals surface area (Å²) in [6.07, 6.45) is 2.44. The van der Waals surface area contributed by atoms with Gasteiger partial charge in [0.2, 0.25) is 0 Å². The van der Waals surface area contributed by atoms with Crippen LogP contribution < -0.4 is 0 Å². The fraction of sp³-hybridized carbons (Fsp3) is 0.481. The Kier molecular flexibility index (Phi) is 5.96. The number of aromatic nitrogens is 2. The van der Waals surface area contributed by atoms with Gasteiger partial charge in [0.15, 0.2) is 0 Å². The number of likely N-dealkylation sites (tertiary alicyclic amines) is 1. The first-order chi connectivity index (χ1) is 17.0. The maximum Gasteiger partial charge on any atom is 0.258 e. The monoisotopic (exact) mass is 474 g/mol. The number of nitrogens with zero attached hydrogens (tertiary/aromatic N) is 5. The first kappa shape index (κ1) is 22.5. The summed E-state index contributed by atoms with van der Waals surface area (Å²) < 4.78 is 0. The lowest BCUT2D eigenvalue weighted by molar-refractivity contribution is 0.0748. The Labute approximate surface area is 206 Å². The van der Waals surface area contributed by atoms with Gasteiger partial charge < -0.3 is 14.9 Å². The average Bonchev–Trinajstić information content (AvgIpc) is 3.60. The van der Waals surface area contributed by atoms with Gasteiger partial charge in [0.1, 0.15) is 5.75 Å². The number of phenolic OH excluding ortho intramolecular Hbond substituents is 1. The van der Waals surface area contributed by atoms with Crippen LogP contribution in [0.25, 0.3) is 10.9 Å². The molecule has 1 amide bonds. The van der Waals surface area contributed by atoms with Crippen molar-refractivity contribution in [1.82, 2.24) is 29.8 Å². The number of amides is 1. The molecule has 4 heterocycles. The molecule has 3 aliphatic heterocycles. The second-order valence-electron chi connectivity index (χ2n) is 10.4. The highest BCUT2D eigenvalue weighted by Crippen LogP contribution is 2.31. The number of nitrogens with one attached hydrogen (secondary N) is 1. The van der Waals surface area contributed by atoms with Crippen LogP contribution >= 0.6 is 0 Å². The minimum Gasteiger partial charge on any atom is -0.507 e. The van der Waals surface area contributed by atoms with Crippen molar-refractivity contribution in [3.63, 3.8) is 0 Å². The van der Waals surface area contributed by atoms with Crippen molar-refractivity contribution in [3.8, 4) is 5.75 Å². The van der Waals surface area contributed by atoms with E-state index in [4.69, 9.17) is 0 Å². The van der Waals surface area contributed by atoms with E-state index in [0.29, 0.717) is 18.7 Å². The molecule has 8 nitrogen and oxygen atoms in total. The number of rotatable bonds is 5. The van der Waals surface area contributed by atoms with Crippen molar-refractivity contribution in [2.75, 3.05) is 46.3 Å². The van der Waals surface area contributed by atoms with E-state index in [-0.39, 0.29) is 11.7 Å². The molecule has 8 heteroatoms. The number of H-pyrrole nitrogens is 1. The van der Waals surface area contributed by atoms with E-state index in [0.717, 1.165) is 69.0 Å². The fourth-order valence-corrected chi connectivity index (χ4v) is 5.68. The lowest BCUT2D eigenvalue weighted by Gasteiger charge is -2.32. The van der Waals surface area contributed by atoms with Gasteiger partial charge in [-0.1, -0.05) is 18.2 Å². The number of hydrogen-bond acceptors (Lipinski definition) is 6. The Balaban J connectivity index is 1.18. The van der Waals surface area contributed by atoms with E-state index in [2.05, 4.69) is 50.1 Å². The molecule has 2 saturated heterocycles. The molecule has 184 valence electrons. The van der Waals surface area contributed by atoms with Gasteiger partial charge in [-0.25, -0.2) is 0 Å². The van der Waals surface area contributed by atoms with Crippen molar-refractivity contribution < 1.29 is 9.90 Å². The van der Waals surface area contributed by atoms with Gasteiger partial charge in [0, 0.05) is 63.8 Å². The highest BCUT2D eigenvalue weighted by atomic mass is 16.3. The molecule has 35 heavy (non-hydrogen) atoms. The molecule has 0 radical (unpaired) electrons. The predicted octanol–water partition coefficient (Wildman–Crippen LogP) is 2.77. The molecule has 0 unspecified atom stereocenters. The van der Waals surface area contributed by atoms with Crippen molar-refractivity contribution in [3.05, 3.63) is 58.3 Å². The van der Waals surface area contributed by atoms with Crippen LogP contribution in [-0.4, -0.2) is 87.1 Å². The van der Waals surface area contributed by atoms with Gasteiger partial charge >= 0.3 is 0 Å². The van der Waals surface area contributed by atoms with Gasteiger partial charge in [-0.15, -0.1) is 0 Å². The molecule has 0 saturated carbocycles. The molecule has 3 aliphatic rings. The van der Waals surface area contributed by atoms with Crippen molar-refractivity contribution in [1.29, 1.82) is 0 Å². The number of piperazine rings is 1. The molecule has 0 bridgehead atoms. The third-order valence-corrected chi connectivity index (χ3v) is 7.84. The molecule has 0 spiro atoms. The Morgan fingerprint density at radius 2 is 1.69 bits per heavy atom. The smallest absolute Gasteiger partial charge is 0.258 e. The maximum absolute atomic E-state index is 13.5. The lowest BCUT2D eigenvalue weighted by Crippen LogP contribution is -2.43. The van der Waals surface area contributed by atoms with Gasteiger partial charge in [-0.3, -0.25) is 19.7 Å². The van der Waals surface area contributed by atoms with Crippen LogP contribution in [-0.2, 0) is 26.2 Å². The minimum atomic E-state index is -0.130. The normalized spacial score (nSPS) is 19.6. The number of carbonyl (C=O) groups is 1. The highest BCUT2D eigenvalue weighted by Gasteiger charge is 2.27. The SMILES string of the molecule is CN1CCN(Cc2ccc3c(c2)CN(C(=O)c2cc4c(CN5CCCC5)n[nH]c4cc2O)C3)CC1. The topological polar surface area (TPSA) is 78.9 Å². The van der Waals surface area contributed by atoms with E-state index in [1.54, 1.807) is 6.07 Å². The van der Waals surface area contributed by atoms with Crippen LogP contribution in [0.5, 0.6) is 5.75 Å². The van der Waals surface area contributed by atoms with E-state index < -0.39 is 0 Å². The van der Waals surface area contributed by atoms with Crippen molar-refractivity contribution in [2.45, 2.75) is 39.0 Å². The lowest BCUT2D eigenvalue weighted by atomic mass is 10.1. The summed E-state index contributed by atoms with van der Waals surface area (Å²) in [6.45, 7) is 9.44. The van der Waals surface area contributed by atoms with Crippen LogP contribution in [0.4, 0.5) is 0 Å². The quantitative estimate of drug-likeness (QED) is 0.592. The third-order valence-electron chi connectivity index (χ3n) is 7.84. The van der Waals surface area contributed by atoms with Crippen LogP contribution in [0.3, 0.4) is 0 Å². The molecule has 1 aromatic heterocycles. The van der Waals surface area contributed by atoms with Gasteiger partial charge in [-0.2, -0.15) is 5.10 Å². The van der Waals surface area contributed by atoms with E-state index in [1.807, 2.05) is 11.0 Å². The Morgan fingerprint density at radius 3 is 2.49 bits per heavy atom. The number of fused-ring (bicyclic) bond motifs is 2. The first-order valence-electron chi connectivity index (χ1n) is 12.8. The molecule has 6 rings (SSSR count). The number of hydrogen-bond donors (Lipinski definition) is 2. The Bertz CT molecular complexity index is 1240. The number of phenols is 1. The van der Waals surface area contributed by atoms with Gasteiger partial charge in [0.25, 0.3) is 5.91 Å². The number of likely N-dealkylation sites (N-methyl/N-ethyl adjacent to an activating group) is 1. The van der Waals surface area contributed by atoms with Crippen LogP contribution in [0, 0.1) is 0 Å². The predicted molar refractivity (Wildman–Crippen MR) is 135 cm³/mol. The molecule has 2 fully saturated rings. The number of aromatic hydroxyl groups is 1. The summed E-state index contributed by atoms with van der Waals surface area (Å²) in [5, 5.41) is 19.1. The summed E-state index contributed by atoms with van der Waals surface area (Å²) in [5.74, 6) is -0.125. The summed E-state index contributed by atoms with van der Waals surface area (Å²) in [4.78, 5) is 22.6. The molecular weight excluding hydrogens is 440 g/mol. The van der Waals surface area contributed by atoms with Gasteiger partial charge in [0.05, 0.1) is 16.8 Å². The third kappa shape index (κ3) is 4.53. The van der Waals surface area contributed by atoms with Crippen LogP contribution in [0.2, 0.25) is 0 Å². The zero-order chi connectivity index (χ0) is 23.9. The largest absolute Gasteiger partial charge is 0.507 e. The van der Waals surface area contributed by atoms with Crippen molar-refractivity contribution in [2.24, 2.45) is 0 Å². The Morgan fingerprint density at radius 1 is 0.943 bits per heavy atom. The molecule has 0 aliphatic carbocycles. The van der Waals surface area contributed by atoms with Crippen molar-refractivity contribution >= 4 is 16.8 Å². The molecule has 0 atom stereocenters. The first-order valence-corrected chi connectivity index (χ1v) is 12.8. The number of benzene rings is 2. The molecule has 2 aromatic carbocycles. The zero-order valence-corrected chi connectivity index (χ0v) is 20.5. The fourth-order valence-electron chi connectivity index (χ4n) is 5.68. The number of carbonyl (C=O) groups excluding carboxylic acids is 1. The number of aromatic amines is 1. The highest BCUT2D eigenvalue weighted by molar-refractivity contribution is 6.01. The van der Waals surface area contributed by atoms with Crippen LogP contribution in [0.15, 0.2) is 30.3 Å². The Hall–Kier alpha value is -2.94. The van der Waals surface area contributed by atoms with E-state index in [1.165, 1.54) is 29.5 Å². The van der Waals surface area contributed by atoms with Gasteiger partial charge in [-0.05, 0) is 55.7 Å². The zero-order valence-electron chi connectivity index (χ0n) is 20.5. The minimum absolute atomic E-state index is 0.00517. The standard InChI is InChI=1S/C27H34N6O2/c1-30-8-10-32(11-9-30)15-19-4-5-20-16-33(17-21(20)12-19)27(35)23-13-22-24(14-26(23)34)28-29-25(22)18-31-6-2-3-7-31/h4-5,12-14,34H,2-3,6-11,15-18H2,1H3,(H,28,29). The average molecular weight is 475 g/mol. The summed E-state index contributed by atoms with van der Waals surface area (Å²) >= 11 is 0. The van der Waals surface area contributed by atoms with E-state index >= 15 is 0 Å². The molecule has 2 N–H and O–H groups in total. The molecule has 3 aromatic rings. The second-order valence-corrected chi connectivity index (χ2v) is 10.4.